The maximum Gasteiger partial charge on any atom is 0.242 e. The van der Waals surface area contributed by atoms with Crippen LogP contribution in [-0.2, 0) is 9.47 Å². The van der Waals surface area contributed by atoms with Gasteiger partial charge in [-0.2, -0.15) is 0 Å². The van der Waals surface area contributed by atoms with Crippen LogP contribution < -0.4 is 4.90 Å². The second kappa shape index (κ2) is 5.22. The van der Waals surface area contributed by atoms with Gasteiger partial charge < -0.3 is 14.4 Å². The molecule has 1 aromatic rings. The van der Waals surface area contributed by atoms with Crippen LogP contribution in [0.25, 0.3) is 0 Å². The van der Waals surface area contributed by atoms with Gasteiger partial charge in [0.1, 0.15) is 12.5 Å². The van der Waals surface area contributed by atoms with Gasteiger partial charge in [0.2, 0.25) is 6.29 Å². The van der Waals surface area contributed by atoms with Gasteiger partial charge in [-0.05, 0) is 37.1 Å². The highest BCUT2D eigenvalue weighted by molar-refractivity contribution is 9.10. The number of piperidine rings is 1. The molecular weight excluding hydrogens is 294 g/mol. The zero-order valence-electron chi connectivity index (χ0n) is 10.1. The molecule has 0 bridgehead atoms. The van der Waals surface area contributed by atoms with Crippen LogP contribution in [0, 0.1) is 5.92 Å². The lowest BCUT2D eigenvalue weighted by molar-refractivity contribution is -0.0728. The largest absolute Gasteiger partial charge is 0.459 e. The fourth-order valence-corrected chi connectivity index (χ4v) is 2.82. The fraction of sp³-hybridized carbons (Fsp3) is 0.429. The van der Waals surface area contributed by atoms with E-state index in [2.05, 4.69) is 45.1 Å². The summed E-state index contributed by atoms with van der Waals surface area (Å²) >= 11 is 3.47. The van der Waals surface area contributed by atoms with E-state index in [1.807, 2.05) is 0 Å². The zero-order chi connectivity index (χ0) is 12.4. The highest BCUT2D eigenvalue weighted by atomic mass is 79.9. The molecule has 0 unspecified atom stereocenters. The standard InChI is InChI=1S/C14H16BrNO2/c15-12-1-3-13(4-2-12)16-7-5-11(6-8-16)14-17-9-10-18-14/h1-4,9-11,14H,5-8H2. The van der Waals surface area contributed by atoms with Crippen molar-refractivity contribution in [2.24, 2.45) is 5.92 Å². The van der Waals surface area contributed by atoms with Gasteiger partial charge in [0.25, 0.3) is 0 Å². The highest BCUT2D eigenvalue weighted by Crippen LogP contribution is 2.29. The number of ether oxygens (including phenoxy) is 2. The first-order valence-electron chi connectivity index (χ1n) is 6.29. The SMILES string of the molecule is Brc1ccc(N2CCC(C3OC=CO3)CC2)cc1. The smallest absolute Gasteiger partial charge is 0.242 e. The fourth-order valence-electron chi connectivity index (χ4n) is 2.56. The van der Waals surface area contributed by atoms with Crippen LogP contribution in [0.2, 0.25) is 0 Å². The third-order valence-electron chi connectivity index (χ3n) is 3.60. The monoisotopic (exact) mass is 309 g/mol. The Morgan fingerprint density at radius 3 is 2.22 bits per heavy atom. The predicted molar refractivity (Wildman–Crippen MR) is 74.2 cm³/mol. The average Bonchev–Trinajstić information content (AvgIpc) is 2.94. The number of benzene rings is 1. The van der Waals surface area contributed by atoms with Crippen molar-refractivity contribution < 1.29 is 9.47 Å². The quantitative estimate of drug-likeness (QED) is 0.834. The van der Waals surface area contributed by atoms with E-state index >= 15 is 0 Å². The molecule has 0 spiro atoms. The van der Waals surface area contributed by atoms with E-state index in [1.54, 1.807) is 12.5 Å². The van der Waals surface area contributed by atoms with Gasteiger partial charge in [-0.25, -0.2) is 0 Å². The van der Waals surface area contributed by atoms with Crippen LogP contribution in [0.1, 0.15) is 12.8 Å². The Balaban J connectivity index is 1.57. The first kappa shape index (κ1) is 11.9. The van der Waals surface area contributed by atoms with Gasteiger partial charge in [0.05, 0.1) is 0 Å². The second-order valence-electron chi connectivity index (χ2n) is 4.71. The van der Waals surface area contributed by atoms with Crippen molar-refractivity contribution >= 4 is 21.6 Å². The summed E-state index contributed by atoms with van der Waals surface area (Å²) in [5, 5.41) is 0. The normalized spacial score (nSPS) is 20.8. The summed E-state index contributed by atoms with van der Waals surface area (Å²) in [4.78, 5) is 2.42. The molecule has 4 heteroatoms. The van der Waals surface area contributed by atoms with E-state index in [-0.39, 0.29) is 6.29 Å². The molecule has 2 aliphatic heterocycles. The first-order valence-corrected chi connectivity index (χ1v) is 7.09. The van der Waals surface area contributed by atoms with Crippen LogP contribution in [0.15, 0.2) is 41.3 Å². The molecule has 96 valence electrons. The van der Waals surface area contributed by atoms with Crippen LogP contribution >= 0.6 is 15.9 Å². The Morgan fingerprint density at radius 2 is 1.61 bits per heavy atom. The summed E-state index contributed by atoms with van der Waals surface area (Å²) in [7, 11) is 0. The highest BCUT2D eigenvalue weighted by Gasteiger charge is 2.29. The number of halogens is 1. The molecule has 0 aromatic heterocycles. The topological polar surface area (TPSA) is 21.7 Å². The molecule has 0 radical (unpaired) electrons. The second-order valence-corrected chi connectivity index (χ2v) is 5.63. The summed E-state index contributed by atoms with van der Waals surface area (Å²) in [5.74, 6) is 0.506. The average molecular weight is 310 g/mol. The molecule has 1 aromatic carbocycles. The van der Waals surface area contributed by atoms with Gasteiger partial charge in [-0.3, -0.25) is 0 Å². The lowest BCUT2D eigenvalue weighted by Crippen LogP contribution is -2.38. The van der Waals surface area contributed by atoms with E-state index in [0.29, 0.717) is 5.92 Å². The third kappa shape index (κ3) is 2.48. The summed E-state index contributed by atoms with van der Waals surface area (Å²) < 4.78 is 12.0. The minimum Gasteiger partial charge on any atom is -0.459 e. The Hall–Kier alpha value is -1.16. The zero-order valence-corrected chi connectivity index (χ0v) is 11.7. The summed E-state index contributed by atoms with van der Waals surface area (Å²) in [6.07, 6.45) is 5.46. The molecule has 2 heterocycles. The summed E-state index contributed by atoms with van der Waals surface area (Å²) in [6, 6.07) is 8.51. The number of hydrogen-bond acceptors (Lipinski definition) is 3. The van der Waals surface area contributed by atoms with Gasteiger partial charge in [0.15, 0.2) is 0 Å². The molecule has 0 atom stereocenters. The Kier molecular flexibility index (Phi) is 3.46. The minimum atomic E-state index is -0.0583. The van der Waals surface area contributed by atoms with Crippen molar-refractivity contribution in [3.63, 3.8) is 0 Å². The molecule has 0 amide bonds. The van der Waals surface area contributed by atoms with E-state index in [9.17, 15) is 0 Å². The van der Waals surface area contributed by atoms with Gasteiger partial charge in [-0.1, -0.05) is 15.9 Å². The van der Waals surface area contributed by atoms with Crippen LogP contribution in [0.5, 0.6) is 0 Å². The maximum atomic E-state index is 5.42. The number of hydrogen-bond donors (Lipinski definition) is 0. The van der Waals surface area contributed by atoms with Crippen molar-refractivity contribution in [3.8, 4) is 0 Å². The van der Waals surface area contributed by atoms with Crippen molar-refractivity contribution in [3.05, 3.63) is 41.3 Å². The van der Waals surface area contributed by atoms with E-state index in [4.69, 9.17) is 9.47 Å². The van der Waals surface area contributed by atoms with Crippen molar-refractivity contribution in [1.82, 2.24) is 0 Å². The van der Waals surface area contributed by atoms with Gasteiger partial charge >= 0.3 is 0 Å². The van der Waals surface area contributed by atoms with E-state index in [1.165, 1.54) is 5.69 Å². The van der Waals surface area contributed by atoms with Crippen LogP contribution in [0.4, 0.5) is 5.69 Å². The molecule has 3 nitrogen and oxygen atoms in total. The summed E-state index contributed by atoms with van der Waals surface area (Å²) in [5.41, 5.74) is 1.29. The Labute approximate surface area is 116 Å². The van der Waals surface area contributed by atoms with Gasteiger partial charge in [0, 0.05) is 29.2 Å². The molecule has 1 saturated heterocycles. The maximum absolute atomic E-state index is 5.42. The van der Waals surface area contributed by atoms with Crippen molar-refractivity contribution in [2.75, 3.05) is 18.0 Å². The minimum absolute atomic E-state index is 0.0583. The summed E-state index contributed by atoms with van der Waals surface area (Å²) in [6.45, 7) is 2.13. The van der Waals surface area contributed by atoms with E-state index in [0.717, 1.165) is 30.4 Å². The lowest BCUT2D eigenvalue weighted by atomic mass is 9.96. The van der Waals surface area contributed by atoms with Crippen molar-refractivity contribution in [2.45, 2.75) is 19.1 Å². The third-order valence-corrected chi connectivity index (χ3v) is 4.13. The van der Waals surface area contributed by atoms with Crippen molar-refractivity contribution in [1.29, 1.82) is 0 Å². The van der Waals surface area contributed by atoms with Gasteiger partial charge in [-0.15, -0.1) is 0 Å². The number of nitrogens with zero attached hydrogens (tertiary/aromatic N) is 1. The molecule has 0 N–H and O–H groups in total. The first-order chi connectivity index (χ1) is 8.83. The van der Waals surface area contributed by atoms with Crippen LogP contribution in [-0.4, -0.2) is 19.4 Å². The molecule has 2 aliphatic rings. The molecule has 1 fully saturated rings. The predicted octanol–water partition coefficient (Wildman–Crippen LogP) is 3.51. The number of anilines is 1. The molecule has 0 saturated carbocycles. The van der Waals surface area contributed by atoms with E-state index < -0.39 is 0 Å². The van der Waals surface area contributed by atoms with Crippen LogP contribution in [0.3, 0.4) is 0 Å². The molecule has 0 aliphatic carbocycles. The Morgan fingerprint density at radius 1 is 1.00 bits per heavy atom. The molecule has 18 heavy (non-hydrogen) atoms. The molecule has 3 rings (SSSR count). The lowest BCUT2D eigenvalue weighted by Gasteiger charge is -2.35. The Bertz CT molecular complexity index is 416. The molecular formula is C14H16BrNO2. The number of rotatable bonds is 2.